The average Bonchev–Trinajstić information content (AvgIpc) is 2.85. The number of fused-ring (bicyclic) bond motifs is 1. The highest BCUT2D eigenvalue weighted by Gasteiger charge is 2.40. The average molecular weight is 221 g/mol. The molecule has 1 aliphatic heterocycles. The first kappa shape index (κ1) is 10.1. The number of ether oxygens (including phenoxy) is 2. The molecule has 0 atom stereocenters. The Hall–Kier alpha value is -1.13. The fraction of sp³-hybridized carbons (Fsp3) is 0.583. The first-order valence-electron chi connectivity index (χ1n) is 5.67. The van der Waals surface area contributed by atoms with E-state index in [1.807, 2.05) is 12.4 Å². The Balaban J connectivity index is 1.91. The molecule has 0 N–H and O–H groups in total. The predicted octanol–water partition coefficient (Wildman–Crippen LogP) is 1.38. The molecule has 86 valence electrons. The molecule has 0 bridgehead atoms. The number of rotatable bonds is 0. The van der Waals surface area contributed by atoms with Crippen molar-refractivity contribution in [2.45, 2.75) is 32.0 Å². The zero-order valence-corrected chi connectivity index (χ0v) is 9.36. The zero-order chi connectivity index (χ0) is 11.2. The Labute approximate surface area is 94.1 Å². The second kappa shape index (κ2) is 3.43. The van der Waals surface area contributed by atoms with Gasteiger partial charge in [-0.2, -0.15) is 0 Å². The first-order chi connectivity index (χ1) is 7.69. The quantitative estimate of drug-likeness (QED) is 0.664. The lowest BCUT2D eigenvalue weighted by molar-refractivity contribution is -0.163. The fourth-order valence-electron chi connectivity index (χ4n) is 2.55. The topological polar surface area (TPSA) is 40.5 Å². The van der Waals surface area contributed by atoms with Gasteiger partial charge in [0, 0.05) is 32.2 Å². The number of carbonyl (C=O) groups is 1. The Morgan fingerprint density at radius 1 is 1.31 bits per heavy atom. The number of aromatic nitrogens is 1. The molecule has 1 spiro atoms. The van der Waals surface area contributed by atoms with E-state index in [-0.39, 0.29) is 5.91 Å². The van der Waals surface area contributed by atoms with Crippen molar-refractivity contribution in [2.24, 2.45) is 0 Å². The fourth-order valence-corrected chi connectivity index (χ4v) is 2.55. The lowest BCUT2D eigenvalue weighted by Crippen LogP contribution is -2.36. The Kier molecular flexibility index (Phi) is 2.16. The van der Waals surface area contributed by atoms with Gasteiger partial charge in [0.2, 0.25) is 5.91 Å². The van der Waals surface area contributed by atoms with Gasteiger partial charge in [-0.25, -0.2) is 0 Å². The number of nitrogens with zero attached hydrogens (tertiary/aromatic N) is 1. The molecule has 0 amide bonds. The van der Waals surface area contributed by atoms with E-state index in [1.165, 1.54) is 11.1 Å². The van der Waals surface area contributed by atoms with Crippen LogP contribution in [0.2, 0.25) is 0 Å². The van der Waals surface area contributed by atoms with Crippen molar-refractivity contribution in [2.75, 3.05) is 13.2 Å². The van der Waals surface area contributed by atoms with Gasteiger partial charge in [-0.3, -0.25) is 9.36 Å². The molecule has 2 heterocycles. The highest BCUT2D eigenvalue weighted by Crippen LogP contribution is 2.35. The molecule has 1 saturated heterocycles. The van der Waals surface area contributed by atoms with Gasteiger partial charge in [-0.05, 0) is 17.5 Å². The normalized spacial score (nSPS) is 22.3. The summed E-state index contributed by atoms with van der Waals surface area (Å²) >= 11 is 0. The van der Waals surface area contributed by atoms with E-state index in [2.05, 4.69) is 0 Å². The van der Waals surface area contributed by atoms with Gasteiger partial charge in [-0.15, -0.1) is 0 Å². The Bertz CT molecular complexity index is 429. The standard InChI is InChI=1S/C12H15NO3/c1-9(14)13-7-10-2-3-12(6-11(10)8-13)15-4-5-16-12/h7-8H,2-6H2,1H3. The van der Waals surface area contributed by atoms with E-state index in [9.17, 15) is 4.79 Å². The third-order valence-electron chi connectivity index (χ3n) is 3.41. The molecule has 3 rings (SSSR count). The maximum atomic E-state index is 11.3. The summed E-state index contributed by atoms with van der Waals surface area (Å²) in [7, 11) is 0. The third-order valence-corrected chi connectivity index (χ3v) is 3.41. The molecule has 4 heteroatoms. The summed E-state index contributed by atoms with van der Waals surface area (Å²) in [6.07, 6.45) is 6.42. The van der Waals surface area contributed by atoms with E-state index in [4.69, 9.17) is 9.47 Å². The largest absolute Gasteiger partial charge is 0.347 e. The summed E-state index contributed by atoms with van der Waals surface area (Å²) in [5.41, 5.74) is 2.43. The molecule has 1 aliphatic carbocycles. The molecule has 16 heavy (non-hydrogen) atoms. The summed E-state index contributed by atoms with van der Waals surface area (Å²) in [5, 5.41) is 0. The van der Waals surface area contributed by atoms with Crippen LogP contribution in [0.1, 0.15) is 29.3 Å². The monoisotopic (exact) mass is 221 g/mol. The van der Waals surface area contributed by atoms with Crippen molar-refractivity contribution in [3.63, 3.8) is 0 Å². The van der Waals surface area contributed by atoms with Crippen LogP contribution >= 0.6 is 0 Å². The third kappa shape index (κ3) is 1.49. The van der Waals surface area contributed by atoms with Crippen molar-refractivity contribution in [1.29, 1.82) is 0 Å². The second-order valence-electron chi connectivity index (χ2n) is 4.52. The molecule has 0 saturated carbocycles. The first-order valence-corrected chi connectivity index (χ1v) is 5.67. The number of carbonyl (C=O) groups excluding carboxylic acids is 1. The number of hydrogen-bond acceptors (Lipinski definition) is 3. The molecule has 2 aliphatic rings. The summed E-state index contributed by atoms with van der Waals surface area (Å²) < 4.78 is 13.0. The van der Waals surface area contributed by atoms with Crippen molar-refractivity contribution in [3.8, 4) is 0 Å². The number of hydrogen-bond donors (Lipinski definition) is 0. The Morgan fingerprint density at radius 3 is 2.69 bits per heavy atom. The SMILES string of the molecule is CC(=O)n1cc2c(c1)CC1(CC2)OCCO1. The summed E-state index contributed by atoms with van der Waals surface area (Å²) in [6.45, 7) is 2.94. The molecule has 1 aromatic heterocycles. The van der Waals surface area contributed by atoms with E-state index >= 15 is 0 Å². The molecular weight excluding hydrogens is 206 g/mol. The van der Waals surface area contributed by atoms with Crippen LogP contribution < -0.4 is 0 Å². The van der Waals surface area contributed by atoms with Crippen LogP contribution in [0.4, 0.5) is 0 Å². The summed E-state index contributed by atoms with van der Waals surface area (Å²) in [5.74, 6) is -0.354. The van der Waals surface area contributed by atoms with Gasteiger partial charge in [0.15, 0.2) is 5.79 Å². The van der Waals surface area contributed by atoms with Crippen LogP contribution in [0.5, 0.6) is 0 Å². The molecule has 0 unspecified atom stereocenters. The van der Waals surface area contributed by atoms with Gasteiger partial charge in [0.25, 0.3) is 0 Å². The second-order valence-corrected chi connectivity index (χ2v) is 4.52. The van der Waals surface area contributed by atoms with E-state index in [0.29, 0.717) is 13.2 Å². The Morgan fingerprint density at radius 2 is 2.00 bits per heavy atom. The van der Waals surface area contributed by atoms with Crippen LogP contribution in [0.3, 0.4) is 0 Å². The minimum Gasteiger partial charge on any atom is -0.347 e. The molecule has 1 aromatic rings. The van der Waals surface area contributed by atoms with Crippen molar-refractivity contribution in [1.82, 2.24) is 4.57 Å². The van der Waals surface area contributed by atoms with E-state index < -0.39 is 5.79 Å². The van der Waals surface area contributed by atoms with Crippen molar-refractivity contribution < 1.29 is 14.3 Å². The van der Waals surface area contributed by atoms with Gasteiger partial charge in [-0.1, -0.05) is 0 Å². The highest BCUT2D eigenvalue weighted by molar-refractivity contribution is 5.76. The molecular formula is C12H15NO3. The highest BCUT2D eigenvalue weighted by atomic mass is 16.7. The molecule has 0 radical (unpaired) electrons. The molecule has 0 aromatic carbocycles. The van der Waals surface area contributed by atoms with Crippen LogP contribution in [-0.2, 0) is 22.3 Å². The van der Waals surface area contributed by atoms with Gasteiger partial charge in [0.1, 0.15) is 0 Å². The lowest BCUT2D eigenvalue weighted by Gasteiger charge is -2.31. The van der Waals surface area contributed by atoms with E-state index in [0.717, 1.165) is 19.3 Å². The summed E-state index contributed by atoms with van der Waals surface area (Å²) in [6, 6.07) is 0. The predicted molar refractivity (Wildman–Crippen MR) is 57.4 cm³/mol. The molecule has 1 fully saturated rings. The van der Waals surface area contributed by atoms with Crippen LogP contribution in [0.15, 0.2) is 12.4 Å². The van der Waals surface area contributed by atoms with Crippen molar-refractivity contribution >= 4 is 5.91 Å². The van der Waals surface area contributed by atoms with Gasteiger partial charge < -0.3 is 9.47 Å². The van der Waals surface area contributed by atoms with Crippen LogP contribution in [0, 0.1) is 0 Å². The zero-order valence-electron chi connectivity index (χ0n) is 9.36. The smallest absolute Gasteiger partial charge is 0.227 e. The minimum atomic E-state index is -0.407. The van der Waals surface area contributed by atoms with Crippen LogP contribution in [0.25, 0.3) is 0 Å². The summed E-state index contributed by atoms with van der Waals surface area (Å²) in [4.78, 5) is 11.3. The number of aryl methyl sites for hydroxylation is 1. The maximum absolute atomic E-state index is 11.3. The lowest BCUT2D eigenvalue weighted by atomic mass is 9.90. The van der Waals surface area contributed by atoms with E-state index in [1.54, 1.807) is 11.5 Å². The van der Waals surface area contributed by atoms with Gasteiger partial charge in [0.05, 0.1) is 13.2 Å². The van der Waals surface area contributed by atoms with Crippen molar-refractivity contribution in [3.05, 3.63) is 23.5 Å². The van der Waals surface area contributed by atoms with Crippen LogP contribution in [-0.4, -0.2) is 29.5 Å². The molecule has 4 nitrogen and oxygen atoms in total. The minimum absolute atomic E-state index is 0.0525. The van der Waals surface area contributed by atoms with Gasteiger partial charge >= 0.3 is 0 Å². The maximum Gasteiger partial charge on any atom is 0.227 e.